The van der Waals surface area contributed by atoms with Gasteiger partial charge in [0.05, 0.1) is 12.7 Å². The Kier molecular flexibility index (Phi) is 5.81. The minimum Gasteiger partial charge on any atom is -0.463 e. The van der Waals surface area contributed by atoms with Crippen molar-refractivity contribution < 1.29 is 18.7 Å². The Bertz CT molecular complexity index is 398. The smallest absolute Gasteiger partial charge is 0.330 e. The van der Waals surface area contributed by atoms with Crippen LogP contribution in [0.3, 0.4) is 0 Å². The van der Waals surface area contributed by atoms with Crippen molar-refractivity contribution in [1.29, 1.82) is 0 Å². The van der Waals surface area contributed by atoms with Gasteiger partial charge in [0.2, 0.25) is 0 Å². The third kappa shape index (κ3) is 5.24. The van der Waals surface area contributed by atoms with Crippen LogP contribution in [-0.4, -0.2) is 39.2 Å². The second-order valence-electron chi connectivity index (χ2n) is 7.27. The molecule has 122 valence electrons. The summed E-state index contributed by atoms with van der Waals surface area (Å²) in [4.78, 5) is 11.3. The summed E-state index contributed by atoms with van der Waals surface area (Å²) < 4.78 is 16.7. The quantitative estimate of drug-likeness (QED) is 0.311. The van der Waals surface area contributed by atoms with Gasteiger partial charge >= 0.3 is 5.97 Å². The molecule has 1 fully saturated rings. The maximum Gasteiger partial charge on any atom is 0.330 e. The van der Waals surface area contributed by atoms with E-state index in [-0.39, 0.29) is 22.7 Å². The molecule has 0 bridgehead atoms. The number of carbonyl (C=O) groups is 1. The van der Waals surface area contributed by atoms with Crippen LogP contribution in [0.1, 0.15) is 41.0 Å². The van der Waals surface area contributed by atoms with Crippen molar-refractivity contribution in [3.63, 3.8) is 0 Å². The lowest BCUT2D eigenvalue weighted by Gasteiger charge is -2.36. The predicted octanol–water partition coefficient (Wildman–Crippen LogP) is 3.68. The molecule has 21 heavy (non-hydrogen) atoms. The van der Waals surface area contributed by atoms with Crippen LogP contribution in [0.4, 0.5) is 0 Å². The third-order valence-corrected chi connectivity index (χ3v) is 9.00. The molecule has 0 N–H and O–H groups in total. The number of hydrogen-bond acceptors (Lipinski definition) is 4. The van der Waals surface area contributed by atoms with E-state index in [0.717, 1.165) is 6.42 Å². The summed E-state index contributed by atoms with van der Waals surface area (Å²) in [6.07, 6.45) is 4.24. The molecule has 0 aromatic heterocycles. The lowest BCUT2D eigenvalue weighted by atomic mass is 10.1. The van der Waals surface area contributed by atoms with Gasteiger partial charge in [0.1, 0.15) is 5.60 Å². The molecule has 0 radical (unpaired) electrons. The van der Waals surface area contributed by atoms with Crippen LogP contribution in [0, 0.1) is 0 Å². The van der Waals surface area contributed by atoms with Gasteiger partial charge in [-0.15, -0.1) is 0 Å². The fraction of sp³-hybridized carbons (Fsp3) is 0.812. The zero-order valence-electron chi connectivity index (χ0n) is 14.5. The van der Waals surface area contributed by atoms with Crippen LogP contribution >= 0.6 is 0 Å². The van der Waals surface area contributed by atoms with Gasteiger partial charge in [-0.3, -0.25) is 0 Å². The molecule has 0 saturated carbocycles. The third-order valence-electron chi connectivity index (χ3n) is 4.46. The van der Waals surface area contributed by atoms with Crippen molar-refractivity contribution in [3.8, 4) is 0 Å². The zero-order chi connectivity index (χ0) is 16.3. The molecule has 4 nitrogen and oxygen atoms in total. The summed E-state index contributed by atoms with van der Waals surface area (Å²) in [6, 6.07) is 0. The molecule has 0 aromatic carbocycles. The maximum atomic E-state index is 11.3. The van der Waals surface area contributed by atoms with E-state index in [0.29, 0.717) is 13.2 Å². The second kappa shape index (κ2) is 6.63. The van der Waals surface area contributed by atoms with Crippen molar-refractivity contribution >= 4 is 14.3 Å². The Balaban J connectivity index is 2.35. The first kappa shape index (κ1) is 18.4. The summed E-state index contributed by atoms with van der Waals surface area (Å²) in [5.41, 5.74) is -0.344. The fourth-order valence-corrected chi connectivity index (χ4v) is 2.89. The predicted molar refractivity (Wildman–Crippen MR) is 86.8 cm³/mol. The monoisotopic (exact) mass is 314 g/mol. The summed E-state index contributed by atoms with van der Waals surface area (Å²) in [6.45, 7) is 16.1. The molecule has 0 aromatic rings. The van der Waals surface area contributed by atoms with Crippen molar-refractivity contribution in [2.24, 2.45) is 0 Å². The molecule has 0 amide bonds. The molecular weight excluding hydrogens is 284 g/mol. The molecule has 2 atom stereocenters. The van der Waals surface area contributed by atoms with Crippen molar-refractivity contribution in [3.05, 3.63) is 12.2 Å². The maximum absolute atomic E-state index is 11.3. The first-order valence-corrected chi connectivity index (χ1v) is 10.6. The van der Waals surface area contributed by atoms with Crippen LogP contribution in [0.5, 0.6) is 0 Å². The van der Waals surface area contributed by atoms with Crippen LogP contribution in [0.2, 0.25) is 18.1 Å². The average molecular weight is 314 g/mol. The van der Waals surface area contributed by atoms with Gasteiger partial charge in [0.15, 0.2) is 8.32 Å². The molecule has 1 aliphatic rings. The molecule has 1 saturated heterocycles. The van der Waals surface area contributed by atoms with Gasteiger partial charge in [0.25, 0.3) is 0 Å². The van der Waals surface area contributed by atoms with Crippen LogP contribution in [0.25, 0.3) is 0 Å². The topological polar surface area (TPSA) is 48.1 Å². The largest absolute Gasteiger partial charge is 0.463 e. The standard InChI is InChI=1S/C16H30O4Si/c1-8-18-14(17)9-11-16(5)13(20-16)10-12-19-21(6,7)15(2,3)4/h9,11,13H,8,10,12H2,1-7H3/b11-9+/t13-,16+/m0/s1. The van der Waals surface area contributed by atoms with E-state index in [2.05, 4.69) is 33.9 Å². The van der Waals surface area contributed by atoms with E-state index < -0.39 is 8.32 Å². The van der Waals surface area contributed by atoms with Crippen molar-refractivity contribution in [2.45, 2.75) is 70.9 Å². The van der Waals surface area contributed by atoms with Gasteiger partial charge in [-0.1, -0.05) is 20.8 Å². The lowest BCUT2D eigenvalue weighted by Crippen LogP contribution is -2.41. The van der Waals surface area contributed by atoms with E-state index in [1.54, 1.807) is 13.0 Å². The van der Waals surface area contributed by atoms with E-state index >= 15 is 0 Å². The number of epoxide rings is 1. The molecular formula is C16H30O4Si. The summed E-state index contributed by atoms with van der Waals surface area (Å²) in [5, 5.41) is 0.227. The van der Waals surface area contributed by atoms with Crippen LogP contribution < -0.4 is 0 Å². The van der Waals surface area contributed by atoms with E-state index in [4.69, 9.17) is 13.9 Å². The Labute approximate surface area is 130 Å². The fourth-order valence-electron chi connectivity index (χ4n) is 1.83. The van der Waals surface area contributed by atoms with Gasteiger partial charge in [-0.25, -0.2) is 4.79 Å². The van der Waals surface area contributed by atoms with E-state index in [1.807, 2.05) is 6.92 Å². The van der Waals surface area contributed by atoms with Gasteiger partial charge in [-0.05, 0) is 44.5 Å². The highest BCUT2D eigenvalue weighted by Gasteiger charge is 2.50. The highest BCUT2D eigenvalue weighted by molar-refractivity contribution is 6.74. The second-order valence-corrected chi connectivity index (χ2v) is 12.1. The highest BCUT2D eigenvalue weighted by atomic mass is 28.4. The number of esters is 1. The summed E-state index contributed by atoms with van der Waals surface area (Å²) in [7, 11) is -1.69. The molecule has 0 spiro atoms. The first-order chi connectivity index (χ1) is 9.52. The Hall–Kier alpha value is -0.653. The van der Waals surface area contributed by atoms with Gasteiger partial charge < -0.3 is 13.9 Å². The first-order valence-electron chi connectivity index (χ1n) is 7.69. The average Bonchev–Trinajstić information content (AvgIpc) is 2.97. The molecule has 1 rings (SSSR count). The summed E-state index contributed by atoms with van der Waals surface area (Å²) >= 11 is 0. The molecule has 1 heterocycles. The zero-order valence-corrected chi connectivity index (χ0v) is 15.5. The molecule has 0 unspecified atom stereocenters. The van der Waals surface area contributed by atoms with Crippen LogP contribution in [0.15, 0.2) is 12.2 Å². The number of rotatable bonds is 7. The Morgan fingerprint density at radius 1 is 1.38 bits per heavy atom. The molecule has 0 aliphatic carbocycles. The van der Waals surface area contributed by atoms with Crippen LogP contribution in [-0.2, 0) is 18.7 Å². The van der Waals surface area contributed by atoms with Gasteiger partial charge in [0, 0.05) is 12.7 Å². The Morgan fingerprint density at radius 2 is 2.00 bits per heavy atom. The SMILES string of the molecule is CCOC(=O)/C=C/[C@@]1(C)O[C@H]1CCO[Si](C)(C)C(C)(C)C. The van der Waals surface area contributed by atoms with E-state index in [9.17, 15) is 4.79 Å². The number of hydrogen-bond donors (Lipinski definition) is 0. The molecule has 1 aliphatic heterocycles. The Morgan fingerprint density at radius 3 is 2.52 bits per heavy atom. The minimum absolute atomic E-state index is 0.132. The van der Waals surface area contributed by atoms with E-state index in [1.165, 1.54) is 6.08 Å². The normalized spacial score (nSPS) is 26.1. The van der Waals surface area contributed by atoms with Gasteiger partial charge in [-0.2, -0.15) is 0 Å². The van der Waals surface area contributed by atoms with Crippen molar-refractivity contribution in [2.75, 3.05) is 13.2 Å². The highest BCUT2D eigenvalue weighted by Crippen LogP contribution is 2.41. The minimum atomic E-state index is -1.69. The summed E-state index contributed by atoms with van der Waals surface area (Å²) in [5.74, 6) is -0.314. The molecule has 5 heteroatoms. The lowest BCUT2D eigenvalue weighted by molar-refractivity contribution is -0.137. The van der Waals surface area contributed by atoms with Crippen molar-refractivity contribution in [1.82, 2.24) is 0 Å². The number of carbonyl (C=O) groups excluding carboxylic acids is 1. The number of ether oxygens (including phenoxy) is 2.